The first-order valence-electron chi connectivity index (χ1n) is 17.4. The van der Waals surface area contributed by atoms with E-state index in [0.717, 1.165) is 76.5 Å². The average molecular weight is 708 g/mol. The number of unbranched alkanes of at least 4 members (excludes halogenated alkanes) is 1. The Morgan fingerprint density at radius 1 is 0.854 bits per heavy atom. The Balaban J connectivity index is 1.22. The Kier molecular flexibility index (Phi) is 9.86. The number of aliphatic hydroxyl groups is 1. The van der Waals surface area contributed by atoms with E-state index in [1.54, 1.807) is 7.11 Å². The lowest BCUT2D eigenvalue weighted by molar-refractivity contribution is 0.00625. The number of rotatable bonds is 13. The number of fused-ring (bicyclic) bond motifs is 4. The molecule has 2 bridgehead atoms. The van der Waals surface area contributed by atoms with Crippen LogP contribution >= 0.6 is 15.9 Å². The number of benzene rings is 4. The van der Waals surface area contributed by atoms with Crippen LogP contribution in [0.3, 0.4) is 0 Å². The molecule has 1 N–H and O–H groups in total. The number of hydrogen-bond donors (Lipinski definition) is 1. The Morgan fingerprint density at radius 2 is 1.58 bits per heavy atom. The van der Waals surface area contributed by atoms with Gasteiger partial charge < -0.3 is 14.7 Å². The molecule has 0 amide bonds. The van der Waals surface area contributed by atoms with E-state index in [9.17, 15) is 5.11 Å². The Morgan fingerprint density at radius 3 is 2.31 bits per heavy atom. The lowest BCUT2D eigenvalue weighted by Crippen LogP contribution is -2.48. The normalized spacial score (nSPS) is 20.1. The molecule has 7 heteroatoms. The molecule has 1 aromatic heterocycles. The minimum absolute atomic E-state index is 0.404. The van der Waals surface area contributed by atoms with E-state index < -0.39 is 11.5 Å². The fourth-order valence-corrected chi connectivity index (χ4v) is 8.58. The third kappa shape index (κ3) is 6.76. The number of piperazine rings is 1. The molecule has 2 aliphatic heterocycles. The van der Waals surface area contributed by atoms with Crippen molar-refractivity contribution in [2.45, 2.75) is 49.3 Å². The fraction of sp³-hybridized carbons (Fsp3) is 0.390. The SMILES string of the molecule is COc1nc2ccc(Br)cc2cc1C(c1ccccc1)C(O)(CCCCN1CC2CC1CN2CCN(C)C)c1ccc2ccccc2c1. The lowest BCUT2D eigenvalue weighted by Gasteiger charge is -2.39. The first-order valence-corrected chi connectivity index (χ1v) is 18.2. The second kappa shape index (κ2) is 14.3. The Bertz CT molecular complexity index is 1870. The first kappa shape index (κ1) is 33.2. The second-order valence-electron chi connectivity index (χ2n) is 14.0. The van der Waals surface area contributed by atoms with Crippen molar-refractivity contribution < 1.29 is 9.84 Å². The molecule has 4 aromatic carbocycles. The highest BCUT2D eigenvalue weighted by Gasteiger charge is 2.44. The first-order chi connectivity index (χ1) is 23.3. The maximum Gasteiger partial charge on any atom is 0.217 e. The third-order valence-electron chi connectivity index (χ3n) is 10.7. The van der Waals surface area contributed by atoms with Gasteiger partial charge in [-0.05, 0) is 98.6 Å². The maximum atomic E-state index is 13.4. The summed E-state index contributed by atoms with van der Waals surface area (Å²) in [4.78, 5) is 12.6. The summed E-state index contributed by atoms with van der Waals surface area (Å²) in [6.07, 6.45) is 3.84. The van der Waals surface area contributed by atoms with Crippen molar-refractivity contribution in [1.82, 2.24) is 19.7 Å². The molecule has 0 radical (unpaired) electrons. The molecule has 4 atom stereocenters. The number of pyridine rings is 1. The predicted octanol–water partition coefficient (Wildman–Crippen LogP) is 7.67. The van der Waals surface area contributed by atoms with Crippen LogP contribution in [0.1, 0.15) is 48.3 Å². The summed E-state index contributed by atoms with van der Waals surface area (Å²) in [5.74, 6) is 0.142. The number of aromatic nitrogens is 1. The van der Waals surface area contributed by atoms with Crippen LogP contribution in [0.5, 0.6) is 5.88 Å². The third-order valence-corrected chi connectivity index (χ3v) is 11.2. The summed E-state index contributed by atoms with van der Waals surface area (Å²) in [6.45, 7) is 5.69. The van der Waals surface area contributed by atoms with Gasteiger partial charge in [0.05, 0.1) is 12.6 Å². The van der Waals surface area contributed by atoms with Crippen molar-refractivity contribution in [1.29, 1.82) is 0 Å². The fourth-order valence-electron chi connectivity index (χ4n) is 8.21. The van der Waals surface area contributed by atoms with Crippen LogP contribution in [0.2, 0.25) is 0 Å². The van der Waals surface area contributed by atoms with Gasteiger partial charge in [0.25, 0.3) is 0 Å². The van der Waals surface area contributed by atoms with Crippen LogP contribution in [0.15, 0.2) is 102 Å². The highest BCUT2D eigenvalue weighted by atomic mass is 79.9. The zero-order valence-corrected chi connectivity index (χ0v) is 29.9. The van der Waals surface area contributed by atoms with Gasteiger partial charge in [-0.2, -0.15) is 0 Å². The molecule has 6 nitrogen and oxygen atoms in total. The predicted molar refractivity (Wildman–Crippen MR) is 200 cm³/mol. The van der Waals surface area contributed by atoms with Crippen molar-refractivity contribution >= 4 is 37.6 Å². The summed E-state index contributed by atoms with van der Waals surface area (Å²) in [7, 11) is 6.00. The minimum Gasteiger partial charge on any atom is -0.481 e. The molecule has 2 aliphatic rings. The molecular weight excluding hydrogens is 660 g/mol. The monoisotopic (exact) mass is 706 g/mol. The van der Waals surface area contributed by atoms with Crippen molar-refractivity contribution in [3.05, 3.63) is 118 Å². The summed E-state index contributed by atoms with van der Waals surface area (Å²) in [5, 5.41) is 16.7. The molecule has 48 heavy (non-hydrogen) atoms. The number of ether oxygens (including phenoxy) is 1. The van der Waals surface area contributed by atoms with E-state index >= 15 is 0 Å². The Hall–Kier alpha value is -3.33. The van der Waals surface area contributed by atoms with Crippen LogP contribution in [-0.2, 0) is 5.60 Å². The Labute approximate surface area is 293 Å². The van der Waals surface area contributed by atoms with E-state index in [1.165, 1.54) is 18.4 Å². The molecular formula is C41H47BrN4O2. The van der Waals surface area contributed by atoms with Crippen molar-refractivity contribution in [2.24, 2.45) is 0 Å². The van der Waals surface area contributed by atoms with E-state index in [-0.39, 0.29) is 0 Å². The standard InChI is InChI=1S/C41H47BrN4O2/c1-44(2)21-22-46-28-35-26-36(46)27-45(35)20-10-9-19-41(47,33-16-15-29-11-7-8-14-31(29)23-33)39(30-12-5-4-6-13-30)37-25-32-24-34(42)17-18-38(32)43-40(37)48-3/h4-8,11-18,23-25,35-36,39,47H,9-10,19-22,26-28H2,1-3H3. The van der Waals surface area contributed by atoms with Crippen LogP contribution in [0, 0.1) is 0 Å². The quantitative estimate of drug-likeness (QED) is 0.127. The van der Waals surface area contributed by atoms with Gasteiger partial charge in [0.2, 0.25) is 5.88 Å². The second-order valence-corrected chi connectivity index (χ2v) is 15.0. The molecule has 5 aromatic rings. The van der Waals surface area contributed by atoms with Crippen LogP contribution in [0.25, 0.3) is 21.7 Å². The van der Waals surface area contributed by atoms with Gasteiger partial charge in [-0.15, -0.1) is 0 Å². The van der Waals surface area contributed by atoms with E-state index in [2.05, 4.69) is 124 Å². The van der Waals surface area contributed by atoms with Gasteiger partial charge >= 0.3 is 0 Å². The highest BCUT2D eigenvalue weighted by molar-refractivity contribution is 9.10. The molecule has 0 spiro atoms. The zero-order chi connectivity index (χ0) is 33.3. The van der Waals surface area contributed by atoms with Crippen molar-refractivity contribution in [3.63, 3.8) is 0 Å². The molecule has 250 valence electrons. The number of hydrogen-bond acceptors (Lipinski definition) is 6. The summed E-state index contributed by atoms with van der Waals surface area (Å²) in [6, 6.07) is 34.9. The minimum atomic E-state index is -1.22. The zero-order valence-electron chi connectivity index (χ0n) is 28.4. The molecule has 2 saturated heterocycles. The number of halogens is 1. The average Bonchev–Trinajstić information content (AvgIpc) is 3.70. The number of likely N-dealkylation sites (tertiary alicyclic amines) is 2. The lowest BCUT2D eigenvalue weighted by atomic mass is 9.71. The van der Waals surface area contributed by atoms with Gasteiger partial charge in [0.1, 0.15) is 5.60 Å². The van der Waals surface area contributed by atoms with E-state index in [4.69, 9.17) is 9.72 Å². The van der Waals surface area contributed by atoms with E-state index in [1.807, 2.05) is 18.2 Å². The molecule has 7 rings (SSSR count). The molecule has 3 heterocycles. The largest absolute Gasteiger partial charge is 0.481 e. The highest BCUT2D eigenvalue weighted by Crippen LogP contribution is 2.48. The number of likely N-dealkylation sites (N-methyl/N-ethyl adjacent to an activating group) is 1. The molecule has 0 aliphatic carbocycles. The van der Waals surface area contributed by atoms with Crippen LogP contribution < -0.4 is 4.74 Å². The number of nitrogens with zero attached hydrogens (tertiary/aromatic N) is 4. The van der Waals surface area contributed by atoms with E-state index in [0.29, 0.717) is 24.4 Å². The maximum absolute atomic E-state index is 13.4. The van der Waals surface area contributed by atoms with Gasteiger partial charge in [-0.25, -0.2) is 4.98 Å². The summed E-state index contributed by atoms with van der Waals surface area (Å²) < 4.78 is 6.99. The molecule has 2 fully saturated rings. The van der Waals surface area contributed by atoms with Gasteiger partial charge in [-0.3, -0.25) is 9.80 Å². The van der Waals surface area contributed by atoms with Gasteiger partial charge in [0, 0.05) is 59.6 Å². The number of methoxy groups -OCH3 is 1. The van der Waals surface area contributed by atoms with Gasteiger partial charge in [-0.1, -0.05) is 82.7 Å². The summed E-state index contributed by atoms with van der Waals surface area (Å²) in [5.41, 5.74) is 2.49. The molecule has 4 unspecified atom stereocenters. The topological polar surface area (TPSA) is 52.1 Å². The van der Waals surface area contributed by atoms with Crippen molar-refractivity contribution in [2.75, 3.05) is 53.9 Å². The van der Waals surface area contributed by atoms with Crippen molar-refractivity contribution in [3.8, 4) is 5.88 Å². The van der Waals surface area contributed by atoms with Crippen LogP contribution in [0.4, 0.5) is 0 Å². The smallest absolute Gasteiger partial charge is 0.217 e. The van der Waals surface area contributed by atoms with Crippen LogP contribution in [-0.4, -0.2) is 90.8 Å². The summed E-state index contributed by atoms with van der Waals surface area (Å²) >= 11 is 3.66. The molecule has 0 saturated carbocycles. The van der Waals surface area contributed by atoms with Gasteiger partial charge in [0.15, 0.2) is 0 Å².